The van der Waals surface area contributed by atoms with Gasteiger partial charge in [-0.3, -0.25) is 0 Å². The summed E-state index contributed by atoms with van der Waals surface area (Å²) in [5, 5.41) is 0. The lowest BCUT2D eigenvalue weighted by atomic mass is 10.1. The SMILES string of the molecule is COc1ccc2c(c1)nc(Cc1ccccc1N)n2C. The Morgan fingerprint density at radius 3 is 2.75 bits per heavy atom. The summed E-state index contributed by atoms with van der Waals surface area (Å²) < 4.78 is 7.34. The van der Waals surface area contributed by atoms with Crippen LogP contribution in [0.15, 0.2) is 42.5 Å². The van der Waals surface area contributed by atoms with E-state index in [2.05, 4.69) is 9.55 Å². The van der Waals surface area contributed by atoms with E-state index in [9.17, 15) is 0 Å². The standard InChI is InChI=1S/C16H17N3O/c1-19-15-8-7-12(20-2)10-14(15)18-16(19)9-11-5-3-4-6-13(11)17/h3-8,10H,9,17H2,1-2H3. The number of hydrogen-bond donors (Lipinski definition) is 1. The zero-order valence-corrected chi connectivity index (χ0v) is 11.6. The molecule has 0 amide bonds. The van der Waals surface area contributed by atoms with E-state index in [1.165, 1.54) is 0 Å². The van der Waals surface area contributed by atoms with Gasteiger partial charge >= 0.3 is 0 Å². The van der Waals surface area contributed by atoms with Crippen LogP contribution in [0.3, 0.4) is 0 Å². The van der Waals surface area contributed by atoms with E-state index in [-0.39, 0.29) is 0 Å². The van der Waals surface area contributed by atoms with Crippen molar-refractivity contribution in [1.29, 1.82) is 0 Å². The minimum atomic E-state index is 0.722. The molecule has 0 saturated carbocycles. The Bertz CT molecular complexity index is 762. The highest BCUT2D eigenvalue weighted by Crippen LogP contribution is 2.23. The van der Waals surface area contributed by atoms with E-state index < -0.39 is 0 Å². The van der Waals surface area contributed by atoms with Crippen LogP contribution in [0.5, 0.6) is 5.75 Å². The highest BCUT2D eigenvalue weighted by atomic mass is 16.5. The molecule has 0 aliphatic heterocycles. The normalized spacial score (nSPS) is 10.9. The molecule has 0 aliphatic rings. The fraction of sp³-hybridized carbons (Fsp3) is 0.188. The highest BCUT2D eigenvalue weighted by Gasteiger charge is 2.10. The molecule has 0 aliphatic carbocycles. The third kappa shape index (κ3) is 2.09. The van der Waals surface area contributed by atoms with E-state index in [0.29, 0.717) is 0 Å². The second-order valence-electron chi connectivity index (χ2n) is 4.82. The first-order chi connectivity index (χ1) is 9.69. The predicted molar refractivity (Wildman–Crippen MR) is 80.9 cm³/mol. The first-order valence-electron chi connectivity index (χ1n) is 6.52. The van der Waals surface area contributed by atoms with Gasteiger partial charge in [-0.15, -0.1) is 0 Å². The minimum absolute atomic E-state index is 0.722. The van der Waals surface area contributed by atoms with Gasteiger partial charge in [-0.2, -0.15) is 0 Å². The van der Waals surface area contributed by atoms with Crippen molar-refractivity contribution in [3.05, 3.63) is 53.9 Å². The summed E-state index contributed by atoms with van der Waals surface area (Å²) in [6, 6.07) is 13.8. The number of para-hydroxylation sites is 1. The summed E-state index contributed by atoms with van der Waals surface area (Å²) >= 11 is 0. The Labute approximate surface area is 117 Å². The summed E-state index contributed by atoms with van der Waals surface area (Å²) in [4.78, 5) is 4.68. The Morgan fingerprint density at radius 1 is 1.20 bits per heavy atom. The van der Waals surface area contributed by atoms with E-state index in [1.807, 2.05) is 49.5 Å². The number of ether oxygens (including phenoxy) is 1. The summed E-state index contributed by atoms with van der Waals surface area (Å²) in [5.74, 6) is 1.81. The molecule has 102 valence electrons. The largest absolute Gasteiger partial charge is 0.497 e. The molecule has 3 rings (SSSR count). The van der Waals surface area contributed by atoms with Crippen LogP contribution in [-0.4, -0.2) is 16.7 Å². The molecular formula is C16H17N3O. The van der Waals surface area contributed by atoms with Crippen LogP contribution >= 0.6 is 0 Å². The number of nitrogens with zero attached hydrogens (tertiary/aromatic N) is 2. The van der Waals surface area contributed by atoms with Crippen molar-refractivity contribution in [1.82, 2.24) is 9.55 Å². The molecule has 0 spiro atoms. The fourth-order valence-corrected chi connectivity index (χ4v) is 2.38. The number of aryl methyl sites for hydroxylation is 1. The second kappa shape index (κ2) is 4.89. The molecule has 1 aromatic heterocycles. The lowest BCUT2D eigenvalue weighted by Crippen LogP contribution is -2.01. The van der Waals surface area contributed by atoms with E-state index >= 15 is 0 Å². The van der Waals surface area contributed by atoms with Crippen LogP contribution < -0.4 is 10.5 Å². The van der Waals surface area contributed by atoms with Crippen molar-refractivity contribution in [2.75, 3.05) is 12.8 Å². The van der Waals surface area contributed by atoms with Crippen LogP contribution in [0.4, 0.5) is 5.69 Å². The van der Waals surface area contributed by atoms with Gasteiger partial charge in [0.05, 0.1) is 18.1 Å². The summed E-state index contributed by atoms with van der Waals surface area (Å²) in [6.07, 6.45) is 0.722. The molecule has 4 nitrogen and oxygen atoms in total. The van der Waals surface area contributed by atoms with Gasteiger partial charge in [0, 0.05) is 25.2 Å². The topological polar surface area (TPSA) is 53.1 Å². The van der Waals surface area contributed by atoms with Gasteiger partial charge in [-0.25, -0.2) is 4.98 Å². The molecule has 0 atom stereocenters. The number of benzene rings is 2. The minimum Gasteiger partial charge on any atom is -0.497 e. The van der Waals surface area contributed by atoms with Crippen molar-refractivity contribution < 1.29 is 4.74 Å². The number of nitrogen functional groups attached to an aromatic ring is 1. The summed E-state index contributed by atoms with van der Waals surface area (Å²) in [7, 11) is 3.69. The number of anilines is 1. The number of fused-ring (bicyclic) bond motifs is 1. The molecule has 2 N–H and O–H groups in total. The number of nitrogens with two attached hydrogens (primary N) is 1. The summed E-state index contributed by atoms with van der Waals surface area (Å²) in [5.41, 5.74) is 9.93. The molecule has 0 radical (unpaired) electrons. The molecule has 3 aromatic rings. The maximum atomic E-state index is 6.00. The quantitative estimate of drug-likeness (QED) is 0.742. The zero-order chi connectivity index (χ0) is 14.1. The first kappa shape index (κ1) is 12.5. The fourth-order valence-electron chi connectivity index (χ4n) is 2.38. The Morgan fingerprint density at radius 2 is 2.00 bits per heavy atom. The molecular weight excluding hydrogens is 250 g/mol. The Hall–Kier alpha value is -2.49. The van der Waals surface area contributed by atoms with Crippen LogP contribution in [-0.2, 0) is 13.5 Å². The van der Waals surface area contributed by atoms with Gasteiger partial charge in [-0.1, -0.05) is 18.2 Å². The lowest BCUT2D eigenvalue weighted by molar-refractivity contribution is 0.415. The summed E-state index contributed by atoms with van der Waals surface area (Å²) in [6.45, 7) is 0. The smallest absolute Gasteiger partial charge is 0.121 e. The number of imidazole rings is 1. The van der Waals surface area contributed by atoms with Gasteiger partial charge in [0.1, 0.15) is 11.6 Å². The van der Waals surface area contributed by atoms with Crippen LogP contribution in [0.25, 0.3) is 11.0 Å². The van der Waals surface area contributed by atoms with Gasteiger partial charge in [0.25, 0.3) is 0 Å². The number of rotatable bonds is 3. The van der Waals surface area contributed by atoms with Gasteiger partial charge < -0.3 is 15.0 Å². The predicted octanol–water partition coefficient (Wildman–Crippen LogP) is 2.75. The van der Waals surface area contributed by atoms with E-state index in [4.69, 9.17) is 10.5 Å². The van der Waals surface area contributed by atoms with E-state index in [0.717, 1.165) is 40.3 Å². The molecule has 1 heterocycles. The molecule has 0 saturated heterocycles. The lowest BCUT2D eigenvalue weighted by Gasteiger charge is -2.05. The van der Waals surface area contributed by atoms with Crippen molar-refractivity contribution >= 4 is 16.7 Å². The van der Waals surface area contributed by atoms with Gasteiger partial charge in [0.15, 0.2) is 0 Å². The van der Waals surface area contributed by atoms with E-state index in [1.54, 1.807) is 7.11 Å². The monoisotopic (exact) mass is 267 g/mol. The zero-order valence-electron chi connectivity index (χ0n) is 11.6. The maximum absolute atomic E-state index is 6.00. The highest BCUT2D eigenvalue weighted by molar-refractivity contribution is 5.77. The molecule has 0 unspecified atom stereocenters. The Balaban J connectivity index is 2.04. The van der Waals surface area contributed by atoms with Crippen molar-refractivity contribution in [2.45, 2.75) is 6.42 Å². The van der Waals surface area contributed by atoms with Crippen molar-refractivity contribution in [2.24, 2.45) is 7.05 Å². The van der Waals surface area contributed by atoms with Crippen LogP contribution in [0.1, 0.15) is 11.4 Å². The average Bonchev–Trinajstić information content (AvgIpc) is 2.77. The first-order valence-corrected chi connectivity index (χ1v) is 6.52. The second-order valence-corrected chi connectivity index (χ2v) is 4.82. The van der Waals surface area contributed by atoms with Crippen LogP contribution in [0.2, 0.25) is 0 Å². The average molecular weight is 267 g/mol. The maximum Gasteiger partial charge on any atom is 0.121 e. The Kier molecular flexibility index (Phi) is 3.06. The third-order valence-corrected chi connectivity index (χ3v) is 3.58. The van der Waals surface area contributed by atoms with Crippen molar-refractivity contribution in [3.63, 3.8) is 0 Å². The number of hydrogen-bond acceptors (Lipinski definition) is 3. The number of aromatic nitrogens is 2. The molecule has 0 bridgehead atoms. The van der Waals surface area contributed by atoms with Crippen LogP contribution in [0, 0.1) is 0 Å². The molecule has 4 heteroatoms. The van der Waals surface area contributed by atoms with Gasteiger partial charge in [0.2, 0.25) is 0 Å². The molecule has 2 aromatic carbocycles. The third-order valence-electron chi connectivity index (χ3n) is 3.58. The number of methoxy groups -OCH3 is 1. The van der Waals surface area contributed by atoms with Gasteiger partial charge in [-0.05, 0) is 23.8 Å². The molecule has 20 heavy (non-hydrogen) atoms. The molecule has 0 fully saturated rings. The van der Waals surface area contributed by atoms with Crippen molar-refractivity contribution in [3.8, 4) is 5.75 Å².